The molecule has 1 atom stereocenters. The summed E-state index contributed by atoms with van der Waals surface area (Å²) in [5.74, 6) is -0.821. The Morgan fingerprint density at radius 1 is 1.27 bits per heavy atom. The quantitative estimate of drug-likeness (QED) is 0.749. The molecule has 7 heteroatoms. The molecule has 0 aliphatic carbocycles. The highest BCUT2D eigenvalue weighted by Gasteiger charge is 2.33. The van der Waals surface area contributed by atoms with Gasteiger partial charge in [0.2, 0.25) is 5.91 Å². The van der Waals surface area contributed by atoms with Gasteiger partial charge in [-0.2, -0.15) is 0 Å². The Bertz CT molecular complexity index is 661. The fraction of sp³-hybridized carbons (Fsp3) is 0.579. The monoisotopic (exact) mass is 380 g/mol. The summed E-state index contributed by atoms with van der Waals surface area (Å²) < 4.78 is 5.96. The van der Waals surface area contributed by atoms with Gasteiger partial charge in [0.1, 0.15) is 12.4 Å². The van der Waals surface area contributed by atoms with Crippen LogP contribution in [0.15, 0.2) is 18.2 Å². The highest BCUT2D eigenvalue weighted by molar-refractivity contribution is 6.30. The van der Waals surface area contributed by atoms with Gasteiger partial charge < -0.3 is 14.7 Å². The van der Waals surface area contributed by atoms with E-state index in [9.17, 15) is 9.59 Å². The minimum Gasteiger partial charge on any atom is -0.492 e. The molecule has 0 aromatic heterocycles. The lowest BCUT2D eigenvalue weighted by molar-refractivity contribution is -0.141. The van der Waals surface area contributed by atoms with Crippen molar-refractivity contribution in [1.29, 1.82) is 0 Å². The number of aliphatic carboxylic acids is 1. The van der Waals surface area contributed by atoms with E-state index in [1.165, 1.54) is 12.8 Å². The first-order valence-corrected chi connectivity index (χ1v) is 9.55. The second kappa shape index (κ2) is 8.73. The zero-order valence-corrected chi connectivity index (χ0v) is 15.6. The normalized spacial score (nSPS) is 20.7. The van der Waals surface area contributed by atoms with Crippen molar-refractivity contribution in [2.45, 2.75) is 25.7 Å². The molecule has 2 aliphatic rings. The largest absolute Gasteiger partial charge is 0.492 e. The Labute approximate surface area is 158 Å². The van der Waals surface area contributed by atoms with Gasteiger partial charge in [0.15, 0.2) is 0 Å². The van der Waals surface area contributed by atoms with E-state index in [1.54, 1.807) is 11.0 Å². The fourth-order valence-electron chi connectivity index (χ4n) is 3.58. The molecule has 142 valence electrons. The molecule has 26 heavy (non-hydrogen) atoms. The number of carboxylic acid groups (broad SMARTS) is 1. The summed E-state index contributed by atoms with van der Waals surface area (Å²) in [7, 11) is 0. The molecule has 0 saturated carbocycles. The molecule has 1 aromatic rings. The van der Waals surface area contributed by atoms with Crippen LogP contribution < -0.4 is 4.74 Å². The predicted octanol–water partition coefficient (Wildman–Crippen LogP) is 2.29. The van der Waals surface area contributed by atoms with Crippen LogP contribution in [0.4, 0.5) is 0 Å². The Morgan fingerprint density at radius 2 is 2.04 bits per heavy atom. The van der Waals surface area contributed by atoms with E-state index in [0.29, 0.717) is 24.6 Å². The van der Waals surface area contributed by atoms with Crippen LogP contribution in [0.25, 0.3) is 0 Å². The summed E-state index contributed by atoms with van der Waals surface area (Å²) in [6, 6.07) is 5.53. The Kier molecular flexibility index (Phi) is 6.38. The van der Waals surface area contributed by atoms with Crippen molar-refractivity contribution in [2.24, 2.45) is 5.92 Å². The molecule has 1 N–H and O–H groups in total. The van der Waals surface area contributed by atoms with Crippen LogP contribution in [-0.4, -0.2) is 66.1 Å². The van der Waals surface area contributed by atoms with Crippen LogP contribution in [0.3, 0.4) is 0 Å². The molecule has 0 radical (unpaired) electrons. The zero-order chi connectivity index (χ0) is 18.5. The second-order valence-corrected chi connectivity index (χ2v) is 7.41. The van der Waals surface area contributed by atoms with Gasteiger partial charge in [-0.15, -0.1) is 0 Å². The maximum atomic E-state index is 12.0. The molecule has 1 unspecified atom stereocenters. The number of ether oxygens (including phenoxy) is 1. The van der Waals surface area contributed by atoms with E-state index in [0.717, 1.165) is 30.9 Å². The predicted molar refractivity (Wildman–Crippen MR) is 98.6 cm³/mol. The Morgan fingerprint density at radius 3 is 2.73 bits per heavy atom. The topological polar surface area (TPSA) is 70.1 Å². The summed E-state index contributed by atoms with van der Waals surface area (Å²) >= 11 is 6.12. The van der Waals surface area contributed by atoms with E-state index in [2.05, 4.69) is 4.90 Å². The minimum atomic E-state index is -0.908. The van der Waals surface area contributed by atoms with Crippen molar-refractivity contribution < 1.29 is 19.4 Å². The number of nitrogens with zero attached hydrogens (tertiary/aromatic N) is 2. The molecule has 2 saturated heterocycles. The molecule has 6 nitrogen and oxygen atoms in total. The SMILES string of the molecule is O=C(O)C1CC(=O)N(CCc2cc(Cl)ccc2OCCN2CCCC2)C1. The van der Waals surface area contributed by atoms with Crippen LogP contribution in [-0.2, 0) is 16.0 Å². The number of carbonyl (C=O) groups is 2. The van der Waals surface area contributed by atoms with E-state index >= 15 is 0 Å². The van der Waals surface area contributed by atoms with Gasteiger partial charge in [-0.1, -0.05) is 11.6 Å². The number of carboxylic acids is 1. The molecule has 0 spiro atoms. The minimum absolute atomic E-state index is 0.0874. The maximum Gasteiger partial charge on any atom is 0.308 e. The highest BCUT2D eigenvalue weighted by Crippen LogP contribution is 2.25. The molecule has 2 heterocycles. The molecule has 1 amide bonds. The molecule has 3 rings (SSSR count). The molecular weight excluding hydrogens is 356 g/mol. The van der Waals surface area contributed by atoms with Crippen LogP contribution in [0.2, 0.25) is 5.02 Å². The van der Waals surface area contributed by atoms with Crippen molar-refractivity contribution in [3.63, 3.8) is 0 Å². The molecule has 2 fully saturated rings. The number of rotatable bonds is 8. The van der Waals surface area contributed by atoms with Gasteiger partial charge in [-0.25, -0.2) is 0 Å². The third-order valence-corrected chi connectivity index (χ3v) is 5.34. The number of hydrogen-bond acceptors (Lipinski definition) is 4. The summed E-state index contributed by atoms with van der Waals surface area (Å²) in [6.07, 6.45) is 3.20. The number of carbonyl (C=O) groups excluding carboxylic acids is 1. The molecule has 2 aliphatic heterocycles. The lowest BCUT2D eigenvalue weighted by Gasteiger charge is -2.19. The van der Waals surface area contributed by atoms with Crippen molar-refractivity contribution in [3.8, 4) is 5.75 Å². The summed E-state index contributed by atoms with van der Waals surface area (Å²) in [5.41, 5.74) is 0.950. The van der Waals surface area contributed by atoms with Crippen LogP contribution in [0, 0.1) is 5.92 Å². The summed E-state index contributed by atoms with van der Waals surface area (Å²) in [6.45, 7) is 4.56. The van der Waals surface area contributed by atoms with Gasteiger partial charge in [0.25, 0.3) is 0 Å². The zero-order valence-electron chi connectivity index (χ0n) is 14.8. The molecule has 0 bridgehead atoms. The smallest absolute Gasteiger partial charge is 0.308 e. The number of likely N-dealkylation sites (tertiary alicyclic amines) is 2. The molecule has 1 aromatic carbocycles. The number of halogens is 1. The highest BCUT2D eigenvalue weighted by atomic mass is 35.5. The number of benzene rings is 1. The lowest BCUT2D eigenvalue weighted by atomic mass is 10.1. The number of amides is 1. The van der Waals surface area contributed by atoms with Gasteiger partial charge >= 0.3 is 5.97 Å². The van der Waals surface area contributed by atoms with Crippen molar-refractivity contribution in [1.82, 2.24) is 9.80 Å². The second-order valence-electron chi connectivity index (χ2n) is 6.98. The summed E-state index contributed by atoms with van der Waals surface area (Å²) in [4.78, 5) is 27.1. The first-order valence-electron chi connectivity index (χ1n) is 9.17. The van der Waals surface area contributed by atoms with Crippen molar-refractivity contribution >= 4 is 23.5 Å². The maximum absolute atomic E-state index is 12.0. The van der Waals surface area contributed by atoms with Crippen molar-refractivity contribution in [3.05, 3.63) is 28.8 Å². The van der Waals surface area contributed by atoms with Gasteiger partial charge in [0.05, 0.1) is 5.92 Å². The van der Waals surface area contributed by atoms with E-state index < -0.39 is 11.9 Å². The van der Waals surface area contributed by atoms with Gasteiger partial charge in [0, 0.05) is 31.1 Å². The first kappa shape index (κ1) is 19.0. The summed E-state index contributed by atoms with van der Waals surface area (Å²) in [5, 5.41) is 9.71. The fourth-order valence-corrected chi connectivity index (χ4v) is 3.78. The van der Waals surface area contributed by atoms with Gasteiger partial charge in [-0.05, 0) is 56.1 Å². The Hall–Kier alpha value is -1.79. The average Bonchev–Trinajstić information content (AvgIpc) is 3.24. The van der Waals surface area contributed by atoms with Crippen LogP contribution in [0.5, 0.6) is 5.75 Å². The lowest BCUT2D eigenvalue weighted by Crippen LogP contribution is -2.28. The van der Waals surface area contributed by atoms with Crippen molar-refractivity contribution in [2.75, 3.05) is 39.3 Å². The van der Waals surface area contributed by atoms with Gasteiger partial charge in [-0.3, -0.25) is 14.5 Å². The average molecular weight is 381 g/mol. The Balaban J connectivity index is 1.55. The standard InChI is InChI=1S/C19H25ClN2O4/c20-16-3-4-17(26-10-9-21-6-1-2-7-21)14(11-16)5-8-22-13-15(19(24)25)12-18(22)23/h3-4,11,15H,1-2,5-10,12-13H2,(H,24,25). The van der Waals surface area contributed by atoms with Crippen LogP contribution in [0.1, 0.15) is 24.8 Å². The van der Waals surface area contributed by atoms with E-state index in [4.69, 9.17) is 21.4 Å². The van der Waals surface area contributed by atoms with Crippen LogP contribution >= 0.6 is 11.6 Å². The van der Waals surface area contributed by atoms with E-state index in [1.807, 2.05) is 12.1 Å². The molecular formula is C19H25ClN2O4. The third-order valence-electron chi connectivity index (χ3n) is 5.10. The third kappa shape index (κ3) is 4.89. The first-order chi connectivity index (χ1) is 12.5. The van der Waals surface area contributed by atoms with E-state index in [-0.39, 0.29) is 18.9 Å². The number of hydrogen-bond donors (Lipinski definition) is 1.